The fraction of sp³-hybridized carbons (Fsp3) is 0.385. The van der Waals surface area contributed by atoms with Gasteiger partial charge in [0.25, 0.3) is 0 Å². The monoisotopic (exact) mass is 325 g/mol. The minimum Gasteiger partial charge on any atom is -0.315 e. The Morgan fingerprint density at radius 3 is 2.83 bits per heavy atom. The van der Waals surface area contributed by atoms with Crippen LogP contribution < -0.4 is 5.32 Å². The highest BCUT2D eigenvalue weighted by molar-refractivity contribution is 9.10. The van der Waals surface area contributed by atoms with Crippen LogP contribution in [0, 0.1) is 0 Å². The number of aryl methyl sites for hydroxylation is 1. The average Bonchev–Trinajstić information content (AvgIpc) is 2.75. The van der Waals surface area contributed by atoms with Crippen LogP contribution in [0.25, 0.3) is 10.7 Å². The number of rotatable bonds is 5. The van der Waals surface area contributed by atoms with E-state index < -0.39 is 0 Å². The van der Waals surface area contributed by atoms with Gasteiger partial charge in [-0.3, -0.25) is 4.98 Å². The molecule has 2 rings (SSSR count). The summed E-state index contributed by atoms with van der Waals surface area (Å²) in [6, 6.07) is 4.00. The maximum absolute atomic E-state index is 4.72. The molecular formula is C13H16BrN3S. The van der Waals surface area contributed by atoms with Crippen molar-refractivity contribution in [3.05, 3.63) is 33.4 Å². The molecule has 2 heterocycles. The first kappa shape index (κ1) is 13.6. The summed E-state index contributed by atoms with van der Waals surface area (Å²) in [5.74, 6) is 0. The van der Waals surface area contributed by atoms with Crippen molar-refractivity contribution in [2.24, 2.45) is 0 Å². The molecule has 2 aromatic rings. The number of hydrogen-bond acceptors (Lipinski definition) is 4. The summed E-state index contributed by atoms with van der Waals surface area (Å²) in [4.78, 5) is 10.4. The highest BCUT2D eigenvalue weighted by Gasteiger charge is 2.12. The summed E-state index contributed by atoms with van der Waals surface area (Å²) in [7, 11) is 1.97. The van der Waals surface area contributed by atoms with E-state index in [1.165, 1.54) is 10.6 Å². The number of thiazole rings is 1. The van der Waals surface area contributed by atoms with E-state index in [2.05, 4.69) is 33.2 Å². The first-order valence-corrected chi connectivity index (χ1v) is 7.60. The van der Waals surface area contributed by atoms with Gasteiger partial charge in [0, 0.05) is 22.1 Å². The molecule has 0 unspecified atom stereocenters. The highest BCUT2D eigenvalue weighted by Crippen LogP contribution is 2.28. The minimum absolute atomic E-state index is 0.879. The lowest BCUT2D eigenvalue weighted by Gasteiger charge is -1.98. The van der Waals surface area contributed by atoms with Gasteiger partial charge in [-0.1, -0.05) is 13.3 Å². The van der Waals surface area contributed by atoms with Gasteiger partial charge in [0.05, 0.1) is 11.4 Å². The summed E-state index contributed by atoms with van der Waals surface area (Å²) < 4.78 is 0.993. The van der Waals surface area contributed by atoms with Crippen LogP contribution in [-0.4, -0.2) is 17.0 Å². The predicted molar refractivity (Wildman–Crippen MR) is 79.8 cm³/mol. The van der Waals surface area contributed by atoms with Crippen molar-refractivity contribution in [2.75, 3.05) is 7.05 Å². The van der Waals surface area contributed by atoms with Crippen molar-refractivity contribution < 1.29 is 0 Å². The lowest BCUT2D eigenvalue weighted by atomic mass is 10.2. The van der Waals surface area contributed by atoms with Crippen LogP contribution in [0.5, 0.6) is 0 Å². The number of nitrogens with zero attached hydrogens (tertiary/aromatic N) is 2. The fourth-order valence-electron chi connectivity index (χ4n) is 1.73. The Morgan fingerprint density at radius 2 is 2.22 bits per heavy atom. The zero-order valence-electron chi connectivity index (χ0n) is 10.5. The Balaban J connectivity index is 2.33. The number of halogens is 1. The van der Waals surface area contributed by atoms with Gasteiger partial charge >= 0.3 is 0 Å². The van der Waals surface area contributed by atoms with E-state index in [0.717, 1.165) is 34.6 Å². The highest BCUT2D eigenvalue weighted by atomic mass is 79.9. The van der Waals surface area contributed by atoms with Crippen molar-refractivity contribution in [3.63, 3.8) is 0 Å². The van der Waals surface area contributed by atoms with E-state index in [-0.39, 0.29) is 0 Å². The molecule has 18 heavy (non-hydrogen) atoms. The molecule has 0 aliphatic heterocycles. The maximum Gasteiger partial charge on any atom is 0.142 e. The second-order valence-electron chi connectivity index (χ2n) is 4.03. The predicted octanol–water partition coefficient (Wildman–Crippen LogP) is 3.64. The van der Waals surface area contributed by atoms with Crippen molar-refractivity contribution >= 4 is 27.3 Å². The molecule has 2 aromatic heterocycles. The van der Waals surface area contributed by atoms with Gasteiger partial charge in [-0.15, -0.1) is 11.3 Å². The Kier molecular flexibility index (Phi) is 4.86. The van der Waals surface area contributed by atoms with Crippen molar-refractivity contribution in [1.82, 2.24) is 15.3 Å². The minimum atomic E-state index is 0.879. The van der Waals surface area contributed by atoms with Crippen LogP contribution in [0.1, 0.15) is 23.9 Å². The first-order chi connectivity index (χ1) is 8.74. The number of aromatic nitrogens is 2. The summed E-state index contributed by atoms with van der Waals surface area (Å²) in [5, 5.41) is 4.21. The Hall–Kier alpha value is -0.780. The van der Waals surface area contributed by atoms with E-state index in [9.17, 15) is 0 Å². The molecule has 0 bridgehead atoms. The second kappa shape index (κ2) is 6.41. The van der Waals surface area contributed by atoms with Gasteiger partial charge in [-0.2, -0.15) is 0 Å². The van der Waals surface area contributed by atoms with Gasteiger partial charge in [0.2, 0.25) is 0 Å². The van der Waals surface area contributed by atoms with Gasteiger partial charge in [0.1, 0.15) is 5.01 Å². The zero-order chi connectivity index (χ0) is 13.0. The standard InChI is InChI=1S/C13H16BrN3S/c1-3-4-10-12(8-15-2)18-13(17-10)11-6-5-9(14)7-16-11/h5-7,15H,3-4,8H2,1-2H3. The molecule has 0 spiro atoms. The molecular weight excluding hydrogens is 310 g/mol. The average molecular weight is 326 g/mol. The van der Waals surface area contributed by atoms with E-state index in [4.69, 9.17) is 4.98 Å². The number of pyridine rings is 1. The summed E-state index contributed by atoms with van der Waals surface area (Å²) in [6.07, 6.45) is 3.96. The molecule has 0 amide bonds. The lowest BCUT2D eigenvalue weighted by molar-refractivity contribution is 0.798. The SMILES string of the molecule is CCCc1nc(-c2ccc(Br)cn2)sc1CNC. The molecule has 1 N–H and O–H groups in total. The van der Waals surface area contributed by atoms with Crippen LogP contribution in [0.2, 0.25) is 0 Å². The molecule has 0 aliphatic carbocycles. The fourth-order valence-corrected chi connectivity index (χ4v) is 3.06. The summed E-state index contributed by atoms with van der Waals surface area (Å²) >= 11 is 5.13. The molecule has 0 aliphatic rings. The quantitative estimate of drug-likeness (QED) is 0.911. The van der Waals surface area contributed by atoms with E-state index >= 15 is 0 Å². The van der Waals surface area contributed by atoms with E-state index in [0.29, 0.717) is 0 Å². The first-order valence-electron chi connectivity index (χ1n) is 5.99. The normalized spacial score (nSPS) is 10.8. The molecule has 0 fully saturated rings. The third-order valence-electron chi connectivity index (χ3n) is 2.55. The van der Waals surface area contributed by atoms with Crippen molar-refractivity contribution in [1.29, 1.82) is 0 Å². The Bertz CT molecular complexity index is 484. The zero-order valence-corrected chi connectivity index (χ0v) is 12.9. The van der Waals surface area contributed by atoms with E-state index in [1.54, 1.807) is 11.3 Å². The van der Waals surface area contributed by atoms with Gasteiger partial charge in [-0.05, 0) is 41.5 Å². The van der Waals surface area contributed by atoms with Gasteiger partial charge in [0.15, 0.2) is 0 Å². The second-order valence-corrected chi connectivity index (χ2v) is 6.03. The molecule has 0 saturated carbocycles. The number of hydrogen-bond donors (Lipinski definition) is 1. The van der Waals surface area contributed by atoms with Crippen LogP contribution in [0.4, 0.5) is 0 Å². The third-order valence-corrected chi connectivity index (χ3v) is 4.14. The molecule has 0 radical (unpaired) electrons. The topological polar surface area (TPSA) is 37.8 Å². The largest absolute Gasteiger partial charge is 0.315 e. The van der Waals surface area contributed by atoms with Crippen molar-refractivity contribution in [3.8, 4) is 10.7 Å². The number of nitrogens with one attached hydrogen (secondary N) is 1. The lowest BCUT2D eigenvalue weighted by Crippen LogP contribution is -2.05. The molecule has 0 aromatic carbocycles. The molecule has 96 valence electrons. The van der Waals surface area contributed by atoms with Gasteiger partial charge < -0.3 is 5.32 Å². The maximum atomic E-state index is 4.72. The van der Waals surface area contributed by atoms with Crippen molar-refractivity contribution in [2.45, 2.75) is 26.3 Å². The van der Waals surface area contributed by atoms with Crippen LogP contribution >= 0.6 is 27.3 Å². The molecule has 0 saturated heterocycles. The summed E-state index contributed by atoms with van der Waals surface area (Å²) in [6.45, 7) is 3.06. The molecule has 3 nitrogen and oxygen atoms in total. The van der Waals surface area contributed by atoms with Crippen LogP contribution in [0.15, 0.2) is 22.8 Å². The smallest absolute Gasteiger partial charge is 0.142 e. The molecule has 0 atom stereocenters. The Morgan fingerprint density at radius 1 is 1.39 bits per heavy atom. The molecule has 5 heteroatoms. The van der Waals surface area contributed by atoms with Crippen LogP contribution in [-0.2, 0) is 13.0 Å². The summed E-state index contributed by atoms with van der Waals surface area (Å²) in [5.41, 5.74) is 2.15. The Labute approximate surface area is 120 Å². The van der Waals surface area contributed by atoms with Gasteiger partial charge in [-0.25, -0.2) is 4.98 Å². The third kappa shape index (κ3) is 3.16. The van der Waals surface area contributed by atoms with Crippen LogP contribution in [0.3, 0.4) is 0 Å². The van der Waals surface area contributed by atoms with E-state index in [1.807, 2.05) is 25.4 Å².